The van der Waals surface area contributed by atoms with Crippen molar-refractivity contribution >= 4 is 44.0 Å². The van der Waals surface area contributed by atoms with Gasteiger partial charge in [0, 0.05) is 11.6 Å². The van der Waals surface area contributed by atoms with Crippen LogP contribution in [0.15, 0.2) is 44.4 Å². The first-order valence-electron chi connectivity index (χ1n) is 6.90. The van der Waals surface area contributed by atoms with E-state index >= 15 is 0 Å². The van der Waals surface area contributed by atoms with Crippen LogP contribution in [0.1, 0.15) is 5.56 Å². The molecular weight excluding hydrogens is 460 g/mol. The fourth-order valence-electron chi connectivity index (χ4n) is 1.74. The van der Waals surface area contributed by atoms with Crippen molar-refractivity contribution in [2.24, 2.45) is 5.10 Å². The van der Waals surface area contributed by atoms with Crippen molar-refractivity contribution in [2.45, 2.75) is 0 Å². The number of nitrogens with zero attached hydrogens (tertiary/aromatic N) is 1. The number of carbonyl (C=O) groups excluding carboxylic acids is 1. The Morgan fingerprint density at radius 1 is 1.20 bits per heavy atom. The third-order valence-corrected chi connectivity index (χ3v) is 4.24. The number of phenols is 2. The van der Waals surface area contributed by atoms with E-state index in [9.17, 15) is 15.0 Å². The number of nitrogens with one attached hydrogen (secondary N) is 1. The Hall–Kier alpha value is -2.26. The number of benzene rings is 2. The monoisotopic (exact) mass is 472 g/mol. The lowest BCUT2D eigenvalue weighted by Gasteiger charge is -2.08. The first kappa shape index (κ1) is 19.1. The fourth-order valence-corrected chi connectivity index (χ4v) is 2.58. The minimum absolute atomic E-state index is 0.0999. The Morgan fingerprint density at radius 2 is 1.96 bits per heavy atom. The molecule has 0 aliphatic carbocycles. The lowest BCUT2D eigenvalue weighted by molar-refractivity contribution is -0.123. The van der Waals surface area contributed by atoms with Crippen LogP contribution in [0.4, 0.5) is 0 Å². The molecule has 0 spiro atoms. The van der Waals surface area contributed by atoms with Crippen LogP contribution in [0.5, 0.6) is 23.0 Å². The van der Waals surface area contributed by atoms with E-state index in [1.807, 2.05) is 0 Å². The molecule has 0 saturated carbocycles. The van der Waals surface area contributed by atoms with Crippen molar-refractivity contribution in [1.29, 1.82) is 0 Å². The maximum absolute atomic E-state index is 11.7. The summed E-state index contributed by atoms with van der Waals surface area (Å²) in [6.07, 6.45) is 1.25. The fraction of sp³-hybridized carbons (Fsp3) is 0.125. The standard InChI is InChI=1S/C16H14Br2N2O5/c1-24-10-2-3-15(12(18)5-10)25-8-16(23)20-19-7-9-4-11(17)14(22)6-13(9)21/h2-7,21-22H,8H2,1H3,(H,20,23). The quantitative estimate of drug-likeness (QED) is 0.442. The summed E-state index contributed by atoms with van der Waals surface area (Å²) in [5, 5.41) is 22.8. The third-order valence-electron chi connectivity index (χ3n) is 2.99. The number of phenolic OH excluding ortho intramolecular Hbond substituents is 2. The molecule has 0 saturated heterocycles. The van der Waals surface area contributed by atoms with Crippen LogP contribution in [0.3, 0.4) is 0 Å². The van der Waals surface area contributed by atoms with E-state index in [1.165, 1.54) is 12.3 Å². The number of carbonyl (C=O) groups is 1. The van der Waals surface area contributed by atoms with Crippen LogP contribution in [0.25, 0.3) is 0 Å². The smallest absolute Gasteiger partial charge is 0.277 e. The number of amides is 1. The summed E-state index contributed by atoms with van der Waals surface area (Å²) in [5.74, 6) is 0.402. The molecule has 25 heavy (non-hydrogen) atoms. The highest BCUT2D eigenvalue weighted by Gasteiger charge is 2.07. The van der Waals surface area contributed by atoms with Crippen molar-refractivity contribution in [3.63, 3.8) is 0 Å². The third kappa shape index (κ3) is 5.36. The molecule has 0 radical (unpaired) electrons. The van der Waals surface area contributed by atoms with Gasteiger partial charge in [-0.1, -0.05) is 0 Å². The van der Waals surface area contributed by atoms with Gasteiger partial charge in [0.2, 0.25) is 0 Å². The minimum atomic E-state index is -0.476. The molecule has 9 heteroatoms. The van der Waals surface area contributed by atoms with Gasteiger partial charge in [-0.2, -0.15) is 5.10 Å². The van der Waals surface area contributed by atoms with Gasteiger partial charge in [-0.3, -0.25) is 4.79 Å². The van der Waals surface area contributed by atoms with E-state index in [0.717, 1.165) is 6.07 Å². The number of ether oxygens (including phenoxy) is 2. The highest BCUT2D eigenvalue weighted by Crippen LogP contribution is 2.30. The first-order valence-corrected chi connectivity index (χ1v) is 8.49. The predicted octanol–water partition coefficient (Wildman–Crippen LogP) is 3.16. The van der Waals surface area contributed by atoms with E-state index in [2.05, 4.69) is 42.4 Å². The number of hydrogen-bond acceptors (Lipinski definition) is 6. The normalized spacial score (nSPS) is 10.7. The Bertz CT molecular complexity index is 811. The van der Waals surface area contributed by atoms with Crippen molar-refractivity contribution in [2.75, 3.05) is 13.7 Å². The molecule has 0 atom stereocenters. The van der Waals surface area contributed by atoms with Crippen LogP contribution >= 0.6 is 31.9 Å². The van der Waals surface area contributed by atoms with E-state index in [4.69, 9.17) is 9.47 Å². The maximum atomic E-state index is 11.7. The van der Waals surface area contributed by atoms with Crippen LogP contribution in [0.2, 0.25) is 0 Å². The summed E-state index contributed by atoms with van der Waals surface area (Å²) in [4.78, 5) is 11.7. The van der Waals surface area contributed by atoms with Crippen LogP contribution in [-0.4, -0.2) is 36.1 Å². The molecule has 0 fully saturated rings. The molecule has 2 aromatic carbocycles. The molecule has 0 bridgehead atoms. The molecular formula is C16H14Br2N2O5. The molecule has 2 aromatic rings. The van der Waals surface area contributed by atoms with Gasteiger partial charge in [0.25, 0.3) is 5.91 Å². The number of rotatable bonds is 6. The van der Waals surface area contributed by atoms with Crippen molar-refractivity contribution in [1.82, 2.24) is 5.43 Å². The molecule has 0 heterocycles. The van der Waals surface area contributed by atoms with E-state index < -0.39 is 5.91 Å². The SMILES string of the molecule is COc1ccc(OCC(=O)NN=Cc2cc(Br)c(O)cc2O)c(Br)c1. The molecule has 7 nitrogen and oxygen atoms in total. The highest BCUT2D eigenvalue weighted by atomic mass is 79.9. The predicted molar refractivity (Wildman–Crippen MR) is 99.4 cm³/mol. The minimum Gasteiger partial charge on any atom is -0.507 e. The van der Waals surface area contributed by atoms with Crippen LogP contribution < -0.4 is 14.9 Å². The summed E-state index contributed by atoms with van der Waals surface area (Å²) in [6, 6.07) is 7.73. The summed E-state index contributed by atoms with van der Waals surface area (Å²) in [5.41, 5.74) is 2.60. The largest absolute Gasteiger partial charge is 0.507 e. The molecule has 0 unspecified atom stereocenters. The van der Waals surface area contributed by atoms with Gasteiger partial charge in [0.15, 0.2) is 6.61 Å². The van der Waals surface area contributed by atoms with Gasteiger partial charge in [-0.05, 0) is 56.1 Å². The molecule has 1 amide bonds. The summed E-state index contributed by atoms with van der Waals surface area (Å²) in [6.45, 7) is -0.243. The Balaban J connectivity index is 1.90. The van der Waals surface area contributed by atoms with Crippen molar-refractivity contribution in [3.05, 3.63) is 44.8 Å². The highest BCUT2D eigenvalue weighted by molar-refractivity contribution is 9.10. The summed E-state index contributed by atoms with van der Waals surface area (Å²) < 4.78 is 11.5. The number of hydrogen-bond donors (Lipinski definition) is 3. The zero-order chi connectivity index (χ0) is 18.4. The Morgan fingerprint density at radius 3 is 2.64 bits per heavy atom. The number of methoxy groups -OCH3 is 1. The van der Waals surface area contributed by atoms with Gasteiger partial charge in [0.1, 0.15) is 23.0 Å². The Labute approximate surface area is 160 Å². The van der Waals surface area contributed by atoms with E-state index in [1.54, 1.807) is 25.3 Å². The lowest BCUT2D eigenvalue weighted by atomic mass is 10.2. The van der Waals surface area contributed by atoms with Gasteiger partial charge < -0.3 is 19.7 Å². The van der Waals surface area contributed by atoms with Gasteiger partial charge in [-0.25, -0.2) is 5.43 Å². The Kier molecular flexibility index (Phi) is 6.65. The molecule has 132 valence electrons. The summed E-state index contributed by atoms with van der Waals surface area (Å²) in [7, 11) is 1.55. The van der Waals surface area contributed by atoms with E-state index in [0.29, 0.717) is 26.0 Å². The first-order chi connectivity index (χ1) is 11.9. The average Bonchev–Trinajstić information content (AvgIpc) is 2.58. The topological polar surface area (TPSA) is 100 Å². The van der Waals surface area contributed by atoms with Crippen LogP contribution in [0, 0.1) is 0 Å². The number of hydrazone groups is 1. The zero-order valence-electron chi connectivity index (χ0n) is 13.0. The second kappa shape index (κ2) is 8.72. The van der Waals surface area contributed by atoms with Gasteiger partial charge in [0.05, 0.1) is 22.3 Å². The molecule has 2 rings (SSSR count). The number of aromatic hydroxyl groups is 2. The average molecular weight is 474 g/mol. The van der Waals surface area contributed by atoms with Gasteiger partial charge >= 0.3 is 0 Å². The second-order valence-corrected chi connectivity index (χ2v) is 6.45. The molecule has 0 aromatic heterocycles. The van der Waals surface area contributed by atoms with E-state index in [-0.39, 0.29) is 18.1 Å². The summed E-state index contributed by atoms with van der Waals surface area (Å²) >= 11 is 6.45. The maximum Gasteiger partial charge on any atom is 0.277 e. The van der Waals surface area contributed by atoms with Crippen molar-refractivity contribution in [3.8, 4) is 23.0 Å². The van der Waals surface area contributed by atoms with Crippen molar-refractivity contribution < 1.29 is 24.5 Å². The number of halogens is 2. The molecule has 0 aliphatic rings. The van der Waals surface area contributed by atoms with Crippen LogP contribution in [-0.2, 0) is 4.79 Å². The lowest BCUT2D eigenvalue weighted by Crippen LogP contribution is -2.24. The molecule has 0 aliphatic heterocycles. The zero-order valence-corrected chi connectivity index (χ0v) is 16.2. The second-order valence-electron chi connectivity index (χ2n) is 4.74. The molecule has 3 N–H and O–H groups in total. The van der Waals surface area contributed by atoms with Gasteiger partial charge in [-0.15, -0.1) is 0 Å².